The fourth-order valence-corrected chi connectivity index (χ4v) is 3.96. The fraction of sp³-hybridized carbons (Fsp3) is 0.0800. The van der Waals surface area contributed by atoms with Crippen LogP contribution < -0.4 is 5.73 Å². The Morgan fingerprint density at radius 2 is 1.65 bits per heavy atom. The van der Waals surface area contributed by atoms with Gasteiger partial charge in [0.1, 0.15) is 12.1 Å². The summed E-state index contributed by atoms with van der Waals surface area (Å²) in [6, 6.07) is 25.8. The number of fused-ring (bicyclic) bond motifs is 2. The molecule has 0 saturated carbocycles. The van der Waals surface area contributed by atoms with Crippen molar-refractivity contribution in [2.45, 2.75) is 13.2 Å². The highest BCUT2D eigenvalue weighted by Gasteiger charge is 2.20. The number of rotatable bonds is 6. The number of aromatic nitrogens is 7. The van der Waals surface area contributed by atoms with Gasteiger partial charge in [0.15, 0.2) is 11.5 Å². The van der Waals surface area contributed by atoms with Gasteiger partial charge in [-0.15, -0.1) is 10.2 Å². The molecule has 0 aliphatic rings. The van der Waals surface area contributed by atoms with Crippen molar-refractivity contribution in [2.24, 2.45) is 0 Å². The number of H-pyrrole nitrogens is 1. The van der Waals surface area contributed by atoms with E-state index in [9.17, 15) is 0 Å². The van der Waals surface area contributed by atoms with Crippen molar-refractivity contribution in [3.63, 3.8) is 0 Å². The molecule has 0 unspecified atom stereocenters. The lowest BCUT2D eigenvalue weighted by Gasteiger charge is -2.12. The summed E-state index contributed by atoms with van der Waals surface area (Å²) < 4.78 is 7.43. The number of nitrogens with one attached hydrogen (secondary N) is 1. The molecule has 3 aromatic heterocycles. The minimum atomic E-state index is 0.248. The Hall–Kier alpha value is -4.63. The molecule has 3 N–H and O–H groups in total. The quantitative estimate of drug-likeness (QED) is 0.395. The second-order valence-corrected chi connectivity index (χ2v) is 7.85. The number of nitrogens with zero attached hydrogens (tertiary/aromatic N) is 6. The van der Waals surface area contributed by atoms with E-state index in [-0.39, 0.29) is 12.6 Å². The number of hydrogen-bond acceptors (Lipinski definition) is 7. The maximum atomic E-state index is 6.33. The Labute approximate surface area is 194 Å². The van der Waals surface area contributed by atoms with E-state index in [0.29, 0.717) is 18.1 Å². The molecule has 0 spiro atoms. The number of anilines is 1. The molecule has 0 radical (unpaired) electrons. The van der Waals surface area contributed by atoms with Crippen LogP contribution in [0.25, 0.3) is 39.1 Å². The largest absolute Gasteiger partial charge is 0.369 e. The third-order valence-corrected chi connectivity index (χ3v) is 5.56. The van der Waals surface area contributed by atoms with E-state index < -0.39 is 0 Å². The molecule has 0 bridgehead atoms. The fourth-order valence-electron chi connectivity index (χ4n) is 3.96. The van der Waals surface area contributed by atoms with Crippen molar-refractivity contribution in [1.82, 2.24) is 35.0 Å². The molecular weight excluding hydrogens is 428 g/mol. The molecule has 3 aromatic carbocycles. The minimum absolute atomic E-state index is 0.248. The van der Waals surface area contributed by atoms with Crippen LogP contribution in [0.5, 0.6) is 0 Å². The van der Waals surface area contributed by atoms with Gasteiger partial charge in [-0.1, -0.05) is 71.9 Å². The number of aromatic amines is 1. The van der Waals surface area contributed by atoms with E-state index >= 15 is 0 Å². The van der Waals surface area contributed by atoms with Crippen molar-refractivity contribution in [2.75, 3.05) is 5.73 Å². The van der Waals surface area contributed by atoms with E-state index in [4.69, 9.17) is 20.4 Å². The standard InChI is InChI=1S/C25H20N8O/c26-25-28-23(17-9-5-2-6-10-17)22(18-11-12-19-20(13-18)30-32-29-19)24-27-21(31-33(24)25)15-34-14-16-7-3-1-4-8-16/h1-13H,14-15H2,(H2,26,28)(H,29,30,32). The van der Waals surface area contributed by atoms with Gasteiger partial charge in [-0.25, -0.2) is 9.97 Å². The molecule has 9 heteroatoms. The van der Waals surface area contributed by atoms with E-state index in [2.05, 4.69) is 20.5 Å². The van der Waals surface area contributed by atoms with Crippen LogP contribution in [-0.4, -0.2) is 35.0 Å². The first-order valence-electron chi connectivity index (χ1n) is 10.8. The van der Waals surface area contributed by atoms with E-state index in [0.717, 1.165) is 39.0 Å². The molecular formula is C25H20N8O. The molecule has 9 nitrogen and oxygen atoms in total. The zero-order valence-electron chi connectivity index (χ0n) is 18.1. The second kappa shape index (κ2) is 8.38. The van der Waals surface area contributed by atoms with Crippen LogP contribution in [0.4, 0.5) is 5.95 Å². The molecule has 0 atom stereocenters. The molecule has 0 aliphatic heterocycles. The molecule has 34 heavy (non-hydrogen) atoms. The highest BCUT2D eigenvalue weighted by molar-refractivity contribution is 5.93. The zero-order valence-corrected chi connectivity index (χ0v) is 18.1. The van der Waals surface area contributed by atoms with Gasteiger partial charge < -0.3 is 10.5 Å². The molecule has 166 valence electrons. The van der Waals surface area contributed by atoms with Gasteiger partial charge in [0.05, 0.1) is 23.4 Å². The lowest BCUT2D eigenvalue weighted by atomic mass is 9.99. The Bertz CT molecular complexity index is 1590. The van der Waals surface area contributed by atoms with Crippen molar-refractivity contribution < 1.29 is 4.74 Å². The van der Waals surface area contributed by atoms with Gasteiger partial charge in [-0.2, -0.15) is 4.52 Å². The SMILES string of the molecule is Nc1nc(-c2ccccc2)c(-c2ccc3[nH]nnc3c2)c2nc(COCc3ccccc3)nn12. The summed E-state index contributed by atoms with van der Waals surface area (Å²) in [7, 11) is 0. The van der Waals surface area contributed by atoms with Crippen molar-refractivity contribution >= 4 is 22.6 Å². The lowest BCUT2D eigenvalue weighted by molar-refractivity contribution is 0.102. The van der Waals surface area contributed by atoms with E-state index in [1.54, 1.807) is 4.52 Å². The first-order valence-corrected chi connectivity index (χ1v) is 10.8. The van der Waals surface area contributed by atoms with Crippen LogP contribution in [0.1, 0.15) is 11.4 Å². The minimum Gasteiger partial charge on any atom is -0.369 e. The predicted octanol–water partition coefficient (Wildman–Crippen LogP) is 4.03. The van der Waals surface area contributed by atoms with Crippen molar-refractivity contribution in [3.8, 4) is 22.4 Å². The predicted molar refractivity (Wildman–Crippen MR) is 128 cm³/mol. The summed E-state index contributed by atoms with van der Waals surface area (Å²) in [5, 5.41) is 15.5. The Morgan fingerprint density at radius 3 is 2.47 bits per heavy atom. The van der Waals surface area contributed by atoms with Gasteiger partial charge >= 0.3 is 0 Å². The Kier molecular flexibility index (Phi) is 4.93. The average Bonchev–Trinajstić information content (AvgIpc) is 3.52. The number of benzene rings is 3. The first kappa shape index (κ1) is 20.0. The van der Waals surface area contributed by atoms with Crippen LogP contribution in [0, 0.1) is 0 Å². The van der Waals surface area contributed by atoms with Gasteiger partial charge in [-0.05, 0) is 23.3 Å². The highest BCUT2D eigenvalue weighted by Crippen LogP contribution is 2.35. The van der Waals surface area contributed by atoms with Crippen LogP contribution in [-0.2, 0) is 18.0 Å². The Morgan fingerprint density at radius 1 is 0.853 bits per heavy atom. The van der Waals surface area contributed by atoms with Crippen LogP contribution in [0.15, 0.2) is 78.9 Å². The lowest BCUT2D eigenvalue weighted by Crippen LogP contribution is -2.06. The molecule has 3 heterocycles. The maximum Gasteiger partial charge on any atom is 0.223 e. The molecule has 0 aliphatic carbocycles. The molecule has 6 rings (SSSR count). The smallest absolute Gasteiger partial charge is 0.223 e. The number of hydrogen-bond donors (Lipinski definition) is 2. The summed E-state index contributed by atoms with van der Waals surface area (Å²) in [4.78, 5) is 9.51. The molecule has 0 amide bonds. The van der Waals surface area contributed by atoms with Crippen LogP contribution >= 0.6 is 0 Å². The third kappa shape index (κ3) is 3.63. The highest BCUT2D eigenvalue weighted by atomic mass is 16.5. The Balaban J connectivity index is 1.46. The van der Waals surface area contributed by atoms with Crippen LogP contribution in [0.2, 0.25) is 0 Å². The topological polar surface area (TPSA) is 120 Å². The van der Waals surface area contributed by atoms with Gasteiger partial charge in [-0.3, -0.25) is 5.10 Å². The zero-order chi connectivity index (χ0) is 22.9. The third-order valence-electron chi connectivity index (χ3n) is 5.56. The normalized spacial score (nSPS) is 11.4. The van der Waals surface area contributed by atoms with E-state index in [1.165, 1.54) is 0 Å². The van der Waals surface area contributed by atoms with E-state index in [1.807, 2.05) is 78.9 Å². The van der Waals surface area contributed by atoms with Crippen molar-refractivity contribution in [3.05, 3.63) is 90.3 Å². The summed E-state index contributed by atoms with van der Waals surface area (Å²) in [5.41, 5.74) is 13.0. The monoisotopic (exact) mass is 448 g/mol. The summed E-state index contributed by atoms with van der Waals surface area (Å²) in [6.45, 7) is 0.716. The summed E-state index contributed by atoms with van der Waals surface area (Å²) >= 11 is 0. The number of ether oxygens (including phenoxy) is 1. The van der Waals surface area contributed by atoms with Gasteiger partial charge in [0, 0.05) is 5.56 Å². The summed E-state index contributed by atoms with van der Waals surface area (Å²) in [5.74, 6) is 0.778. The molecule has 0 fully saturated rings. The van der Waals surface area contributed by atoms with Gasteiger partial charge in [0.2, 0.25) is 5.95 Å². The first-order chi connectivity index (χ1) is 16.8. The summed E-state index contributed by atoms with van der Waals surface area (Å²) in [6.07, 6.45) is 0. The number of nitrogens with two attached hydrogens (primary N) is 1. The maximum absolute atomic E-state index is 6.33. The van der Waals surface area contributed by atoms with Crippen LogP contribution in [0.3, 0.4) is 0 Å². The number of nitrogen functional groups attached to an aromatic ring is 1. The molecule has 0 saturated heterocycles. The van der Waals surface area contributed by atoms with Gasteiger partial charge in [0.25, 0.3) is 0 Å². The average molecular weight is 448 g/mol. The molecule has 6 aromatic rings. The second-order valence-electron chi connectivity index (χ2n) is 7.85. The van der Waals surface area contributed by atoms with Crippen molar-refractivity contribution in [1.29, 1.82) is 0 Å².